The quantitative estimate of drug-likeness (QED) is 0.274. The van der Waals surface area contributed by atoms with Crippen molar-refractivity contribution in [3.63, 3.8) is 0 Å². The number of rotatable bonds is 6. The van der Waals surface area contributed by atoms with E-state index < -0.39 is 35.8 Å². The predicted octanol–water partition coefficient (Wildman–Crippen LogP) is 6.54. The van der Waals surface area contributed by atoms with Gasteiger partial charge in [-0.15, -0.1) is 0 Å². The van der Waals surface area contributed by atoms with Crippen molar-refractivity contribution in [1.29, 1.82) is 0 Å². The molecule has 0 bridgehead atoms. The van der Waals surface area contributed by atoms with Gasteiger partial charge in [-0.3, -0.25) is 4.79 Å². The maximum Gasteiger partial charge on any atom is 0.410 e. The third-order valence-corrected chi connectivity index (χ3v) is 18.3. The minimum Gasteiger partial charge on any atom is -0.444 e. The number of fused-ring (bicyclic) bond motifs is 4. The number of nitrogens with zero attached hydrogens (tertiary/aromatic N) is 2. The zero-order chi connectivity index (χ0) is 41.3. The van der Waals surface area contributed by atoms with Crippen LogP contribution in [0.25, 0.3) is 0 Å². The van der Waals surface area contributed by atoms with Crippen molar-refractivity contribution in [2.45, 2.75) is 188 Å². The summed E-state index contributed by atoms with van der Waals surface area (Å²) in [5.74, 6) is 1.82. The van der Waals surface area contributed by atoms with Gasteiger partial charge < -0.3 is 44.1 Å². The molecule has 8 fully saturated rings. The average Bonchev–Trinajstić information content (AvgIpc) is 3.76. The molecule has 0 aromatic heterocycles. The van der Waals surface area contributed by atoms with E-state index in [0.717, 1.165) is 44.9 Å². The second-order valence-corrected chi connectivity index (χ2v) is 23.0. The van der Waals surface area contributed by atoms with Crippen LogP contribution >= 0.6 is 0 Å². The molecule has 14 atom stereocenters. The van der Waals surface area contributed by atoms with E-state index in [1.54, 1.807) is 18.7 Å². The molecule has 5 saturated carbocycles. The van der Waals surface area contributed by atoms with Gasteiger partial charge in [-0.2, -0.15) is 0 Å². The highest BCUT2D eigenvalue weighted by Crippen LogP contribution is 2.89. The van der Waals surface area contributed by atoms with Gasteiger partial charge in [0.2, 0.25) is 5.91 Å². The van der Waals surface area contributed by atoms with E-state index >= 15 is 0 Å². The summed E-state index contributed by atoms with van der Waals surface area (Å²) in [6.07, 6.45) is 7.48. The first kappa shape index (κ1) is 42.2. The van der Waals surface area contributed by atoms with Gasteiger partial charge in [0, 0.05) is 31.5 Å². The molecule has 5 aliphatic carbocycles. The SMILES string of the molecule is C[C@@H]1CC([C@H](O)C(C)(C)O)OC2C1[C@@]1(C)CCC34C[C@@]35CC[C@H](OC3CN(C(=O)CC6CCN(C(=O)OC(C)(C)C)CC6)CCO3)C(C)(C)[C@@H]5CC[C@H]4[C@]1(C)[C@H]2O. The van der Waals surface area contributed by atoms with Gasteiger partial charge in [-0.05, 0) is 150 Å². The maximum absolute atomic E-state index is 13.6. The third-order valence-electron chi connectivity index (χ3n) is 18.3. The number of ether oxygens (including phenoxy) is 4. The highest BCUT2D eigenvalue weighted by atomic mass is 16.7. The smallest absolute Gasteiger partial charge is 0.410 e. The van der Waals surface area contributed by atoms with Crippen molar-refractivity contribution < 1.29 is 43.9 Å². The zero-order valence-corrected chi connectivity index (χ0v) is 36.9. The second-order valence-electron chi connectivity index (χ2n) is 23.0. The van der Waals surface area contributed by atoms with Crippen LogP contribution in [0.2, 0.25) is 0 Å². The van der Waals surface area contributed by atoms with Crippen LogP contribution in [0.4, 0.5) is 4.79 Å². The van der Waals surface area contributed by atoms with Gasteiger partial charge in [0.05, 0.1) is 43.2 Å². The lowest BCUT2D eigenvalue weighted by Crippen LogP contribution is -2.60. The number of carbonyl (C=O) groups excluding carboxylic acids is 2. The topological polar surface area (TPSA) is 138 Å². The van der Waals surface area contributed by atoms with Crippen molar-refractivity contribution in [2.75, 3.05) is 32.8 Å². The fraction of sp³-hybridized carbons (Fsp3) is 0.957. The molecule has 3 aliphatic heterocycles. The van der Waals surface area contributed by atoms with Gasteiger partial charge in [0.1, 0.15) is 11.7 Å². The Balaban J connectivity index is 0.903. The predicted molar refractivity (Wildman–Crippen MR) is 215 cm³/mol. The number of aliphatic hydroxyl groups excluding tert-OH is 2. The zero-order valence-electron chi connectivity index (χ0n) is 36.9. The van der Waals surface area contributed by atoms with Gasteiger partial charge in [0.25, 0.3) is 0 Å². The van der Waals surface area contributed by atoms with E-state index in [2.05, 4.69) is 34.6 Å². The number of carbonyl (C=O) groups is 2. The van der Waals surface area contributed by atoms with Crippen LogP contribution in [0.5, 0.6) is 0 Å². The highest BCUT2D eigenvalue weighted by Gasteiger charge is 2.84. The lowest BCUT2D eigenvalue weighted by Gasteiger charge is -2.64. The van der Waals surface area contributed by atoms with Crippen molar-refractivity contribution in [2.24, 2.45) is 56.7 Å². The molecule has 11 heteroatoms. The van der Waals surface area contributed by atoms with E-state index in [4.69, 9.17) is 18.9 Å². The number of likely N-dealkylation sites (tertiary alicyclic amines) is 1. The molecule has 3 heterocycles. The lowest BCUT2D eigenvalue weighted by atomic mass is 9.41. The van der Waals surface area contributed by atoms with Crippen LogP contribution in [-0.4, -0.2) is 118 Å². The summed E-state index contributed by atoms with van der Waals surface area (Å²) in [7, 11) is 0. The first-order chi connectivity index (χ1) is 26.5. The summed E-state index contributed by atoms with van der Waals surface area (Å²) >= 11 is 0. The molecular formula is C46H76N2O9. The Morgan fingerprint density at radius 1 is 0.895 bits per heavy atom. The first-order valence-electron chi connectivity index (χ1n) is 22.8. The average molecular weight is 801 g/mol. The molecule has 8 rings (SSSR count). The molecule has 11 nitrogen and oxygen atoms in total. The molecule has 57 heavy (non-hydrogen) atoms. The molecule has 5 unspecified atom stereocenters. The van der Waals surface area contributed by atoms with Gasteiger partial charge in [-0.1, -0.05) is 34.6 Å². The van der Waals surface area contributed by atoms with E-state index in [1.807, 2.05) is 25.7 Å². The van der Waals surface area contributed by atoms with E-state index in [9.17, 15) is 24.9 Å². The number of amides is 2. The van der Waals surface area contributed by atoms with Crippen molar-refractivity contribution in [3.8, 4) is 0 Å². The molecule has 0 aromatic carbocycles. The second kappa shape index (κ2) is 14.0. The summed E-state index contributed by atoms with van der Waals surface area (Å²) < 4.78 is 25.4. The van der Waals surface area contributed by atoms with Crippen LogP contribution in [-0.2, 0) is 23.7 Å². The maximum atomic E-state index is 13.6. The van der Waals surface area contributed by atoms with E-state index in [0.29, 0.717) is 57.5 Å². The summed E-state index contributed by atoms with van der Waals surface area (Å²) in [6.45, 7) is 23.6. The van der Waals surface area contributed by atoms with Gasteiger partial charge in [0.15, 0.2) is 6.29 Å². The lowest BCUT2D eigenvalue weighted by molar-refractivity contribution is -0.248. The Kier molecular flexibility index (Phi) is 10.4. The fourth-order valence-corrected chi connectivity index (χ4v) is 15.3. The molecule has 0 aromatic rings. The van der Waals surface area contributed by atoms with Crippen molar-refractivity contribution in [1.82, 2.24) is 9.80 Å². The Morgan fingerprint density at radius 2 is 1.56 bits per heavy atom. The summed E-state index contributed by atoms with van der Waals surface area (Å²) in [6, 6.07) is 0. The molecule has 324 valence electrons. The summed E-state index contributed by atoms with van der Waals surface area (Å²) in [5, 5.41) is 34.3. The first-order valence-corrected chi connectivity index (χ1v) is 22.8. The van der Waals surface area contributed by atoms with Gasteiger partial charge >= 0.3 is 6.09 Å². The highest BCUT2D eigenvalue weighted by molar-refractivity contribution is 5.76. The summed E-state index contributed by atoms with van der Waals surface area (Å²) in [5.41, 5.74) is -1.76. The largest absolute Gasteiger partial charge is 0.444 e. The van der Waals surface area contributed by atoms with Crippen LogP contribution < -0.4 is 0 Å². The number of hydrogen-bond acceptors (Lipinski definition) is 9. The molecular weight excluding hydrogens is 725 g/mol. The minimum atomic E-state index is -1.27. The van der Waals surface area contributed by atoms with Crippen LogP contribution in [0.3, 0.4) is 0 Å². The normalized spacial score (nSPS) is 46.2. The Labute approximate surface area is 342 Å². The number of piperidine rings is 1. The van der Waals surface area contributed by atoms with E-state index in [-0.39, 0.29) is 69.0 Å². The van der Waals surface area contributed by atoms with Crippen molar-refractivity contribution >= 4 is 12.0 Å². The number of aliphatic hydroxyl groups is 3. The Bertz CT molecular complexity index is 1550. The molecule has 8 aliphatic rings. The standard InChI is InChI=1S/C46H76N2O9/c1-27-23-29(37(50)42(7,8)53)55-36-35(27)43(9)17-18-46-26-45(46)16-13-32(41(5,6)30(45)11-12-31(46)44(43,10)38(36)51)56-34-25-48(21-22-54-34)33(49)24-28-14-19-47(20-15-28)39(52)57-40(2,3)4/h27-32,34-38,50-51,53H,11-26H2,1-10H3/t27-,29?,30+,31+,32+,34?,35?,36?,37+,38+,43-,44-,45-,46?/m1/s1. The number of hydrogen-bond donors (Lipinski definition) is 3. The van der Waals surface area contributed by atoms with Crippen LogP contribution in [0.1, 0.15) is 140 Å². The Hall–Kier alpha value is -1.50. The molecule has 0 radical (unpaired) electrons. The molecule has 3 N–H and O–H groups in total. The fourth-order valence-electron chi connectivity index (χ4n) is 15.3. The number of morpholine rings is 1. The Morgan fingerprint density at radius 3 is 2.23 bits per heavy atom. The third kappa shape index (κ3) is 6.54. The molecule has 2 amide bonds. The van der Waals surface area contributed by atoms with Crippen molar-refractivity contribution in [3.05, 3.63) is 0 Å². The summed E-state index contributed by atoms with van der Waals surface area (Å²) in [4.78, 5) is 29.9. The minimum absolute atomic E-state index is 0.0392. The van der Waals surface area contributed by atoms with Gasteiger partial charge in [-0.25, -0.2) is 4.79 Å². The molecule has 2 spiro atoms. The monoisotopic (exact) mass is 801 g/mol. The molecule has 3 saturated heterocycles. The van der Waals surface area contributed by atoms with E-state index in [1.165, 1.54) is 12.8 Å². The van der Waals surface area contributed by atoms with Crippen LogP contribution in [0, 0.1) is 56.7 Å². The van der Waals surface area contributed by atoms with Crippen LogP contribution in [0.15, 0.2) is 0 Å².